The van der Waals surface area contributed by atoms with Crippen LogP contribution in [0.1, 0.15) is 19.4 Å². The second-order valence-electron chi connectivity index (χ2n) is 7.86. The minimum Gasteiger partial charge on any atom is -0.486 e. The van der Waals surface area contributed by atoms with Crippen LogP contribution in [-0.2, 0) is 5.60 Å². The standard InChI is InChI=1S/C22H28N2O3/c1-22(2,25)18-7-3-4-8-19(18)24-13-11-23(12-14-24)15-17-16-26-20-9-5-6-10-21(20)27-17/h3-10,17,25H,11-16H2,1-2H3. The topological polar surface area (TPSA) is 45.2 Å². The Morgan fingerprint density at radius 3 is 2.37 bits per heavy atom. The van der Waals surface area contributed by atoms with Crippen LogP contribution < -0.4 is 14.4 Å². The minimum atomic E-state index is -0.839. The fourth-order valence-electron chi connectivity index (χ4n) is 3.88. The van der Waals surface area contributed by atoms with Gasteiger partial charge in [0.15, 0.2) is 11.5 Å². The molecule has 2 heterocycles. The normalized spacial score (nSPS) is 20.6. The summed E-state index contributed by atoms with van der Waals surface area (Å²) in [6.07, 6.45) is 0.0649. The van der Waals surface area contributed by atoms with Crippen molar-refractivity contribution in [1.29, 1.82) is 0 Å². The van der Waals surface area contributed by atoms with Gasteiger partial charge in [-0.15, -0.1) is 0 Å². The van der Waals surface area contributed by atoms with E-state index in [2.05, 4.69) is 15.9 Å². The molecule has 1 fully saturated rings. The zero-order valence-corrected chi connectivity index (χ0v) is 16.1. The van der Waals surface area contributed by atoms with E-state index < -0.39 is 5.60 Å². The summed E-state index contributed by atoms with van der Waals surface area (Å²) >= 11 is 0. The van der Waals surface area contributed by atoms with Gasteiger partial charge in [-0.25, -0.2) is 0 Å². The highest BCUT2D eigenvalue weighted by atomic mass is 16.6. The average Bonchev–Trinajstić information content (AvgIpc) is 2.68. The second kappa shape index (κ2) is 7.41. The molecule has 2 aliphatic heterocycles. The third-order valence-electron chi connectivity index (χ3n) is 5.31. The number of aliphatic hydroxyl groups is 1. The summed E-state index contributed by atoms with van der Waals surface area (Å²) in [6, 6.07) is 16.0. The van der Waals surface area contributed by atoms with Crippen LogP contribution in [-0.4, -0.2) is 55.4 Å². The number of nitrogens with zero attached hydrogens (tertiary/aromatic N) is 2. The van der Waals surface area contributed by atoms with Gasteiger partial charge >= 0.3 is 0 Å². The van der Waals surface area contributed by atoms with Crippen LogP contribution in [0.4, 0.5) is 5.69 Å². The number of hydrogen-bond acceptors (Lipinski definition) is 5. The Bertz CT molecular complexity index is 779. The number of fused-ring (bicyclic) bond motifs is 1. The van der Waals surface area contributed by atoms with E-state index in [0.717, 1.165) is 55.5 Å². The monoisotopic (exact) mass is 368 g/mol. The molecule has 27 heavy (non-hydrogen) atoms. The smallest absolute Gasteiger partial charge is 0.161 e. The van der Waals surface area contributed by atoms with E-state index in [0.29, 0.717) is 6.61 Å². The molecule has 1 N–H and O–H groups in total. The SMILES string of the molecule is CC(C)(O)c1ccccc1N1CCN(CC2COc3ccccc3O2)CC1. The Balaban J connectivity index is 1.35. The predicted molar refractivity (Wildman–Crippen MR) is 107 cm³/mol. The summed E-state index contributed by atoms with van der Waals surface area (Å²) in [4.78, 5) is 4.81. The molecule has 0 spiro atoms. The number of piperazine rings is 1. The predicted octanol–water partition coefficient (Wildman–Crippen LogP) is 2.88. The summed E-state index contributed by atoms with van der Waals surface area (Å²) in [5, 5.41) is 10.5. The number of rotatable bonds is 4. The van der Waals surface area contributed by atoms with Crippen molar-refractivity contribution >= 4 is 5.69 Å². The largest absolute Gasteiger partial charge is 0.486 e. The molecule has 1 saturated heterocycles. The first-order valence-electron chi connectivity index (χ1n) is 9.68. The Kier molecular flexibility index (Phi) is 4.98. The lowest BCUT2D eigenvalue weighted by molar-refractivity contribution is 0.0569. The van der Waals surface area contributed by atoms with Gasteiger partial charge in [0.1, 0.15) is 12.7 Å². The third kappa shape index (κ3) is 4.04. The van der Waals surface area contributed by atoms with Gasteiger partial charge in [-0.1, -0.05) is 30.3 Å². The molecule has 5 nitrogen and oxygen atoms in total. The number of ether oxygens (including phenoxy) is 2. The van der Waals surface area contributed by atoms with Crippen molar-refractivity contribution in [2.45, 2.75) is 25.6 Å². The maximum atomic E-state index is 10.5. The number of hydrogen-bond donors (Lipinski definition) is 1. The van der Waals surface area contributed by atoms with Gasteiger partial charge in [0, 0.05) is 44.0 Å². The molecule has 144 valence electrons. The fraction of sp³-hybridized carbons (Fsp3) is 0.455. The lowest BCUT2D eigenvalue weighted by Crippen LogP contribution is -2.51. The van der Waals surface area contributed by atoms with Gasteiger partial charge in [-0.2, -0.15) is 0 Å². The van der Waals surface area contributed by atoms with Gasteiger partial charge in [0.05, 0.1) is 5.60 Å². The van der Waals surface area contributed by atoms with Crippen LogP contribution >= 0.6 is 0 Å². The maximum Gasteiger partial charge on any atom is 0.161 e. The minimum absolute atomic E-state index is 0.0649. The Hall–Kier alpha value is -2.24. The Labute approximate surface area is 161 Å². The Morgan fingerprint density at radius 1 is 0.963 bits per heavy atom. The first-order chi connectivity index (χ1) is 13.0. The molecule has 2 aromatic carbocycles. The van der Waals surface area contributed by atoms with E-state index in [-0.39, 0.29) is 6.10 Å². The molecule has 4 rings (SSSR count). The van der Waals surface area contributed by atoms with E-state index in [1.807, 2.05) is 56.3 Å². The van der Waals surface area contributed by atoms with Crippen LogP contribution in [0, 0.1) is 0 Å². The van der Waals surface area contributed by atoms with Crippen molar-refractivity contribution in [3.05, 3.63) is 54.1 Å². The highest BCUT2D eigenvalue weighted by molar-refractivity contribution is 5.56. The summed E-state index contributed by atoms with van der Waals surface area (Å²) in [6.45, 7) is 8.99. The van der Waals surface area contributed by atoms with Crippen LogP contribution in [0.5, 0.6) is 11.5 Å². The van der Waals surface area contributed by atoms with Gasteiger partial charge in [0.2, 0.25) is 0 Å². The van der Waals surface area contributed by atoms with E-state index in [9.17, 15) is 5.11 Å². The van der Waals surface area contributed by atoms with Crippen molar-refractivity contribution < 1.29 is 14.6 Å². The highest BCUT2D eigenvalue weighted by Crippen LogP contribution is 2.32. The first-order valence-corrected chi connectivity index (χ1v) is 9.68. The molecule has 2 aliphatic rings. The van der Waals surface area contributed by atoms with Crippen LogP contribution in [0.3, 0.4) is 0 Å². The maximum absolute atomic E-state index is 10.5. The molecule has 2 aromatic rings. The van der Waals surface area contributed by atoms with Crippen molar-refractivity contribution in [3.8, 4) is 11.5 Å². The van der Waals surface area contributed by atoms with E-state index in [1.165, 1.54) is 0 Å². The van der Waals surface area contributed by atoms with Gasteiger partial charge in [-0.3, -0.25) is 4.90 Å². The zero-order valence-electron chi connectivity index (χ0n) is 16.1. The van der Waals surface area contributed by atoms with E-state index in [1.54, 1.807) is 0 Å². The summed E-state index contributed by atoms with van der Waals surface area (Å²) < 4.78 is 11.9. The van der Waals surface area contributed by atoms with Gasteiger partial charge in [0.25, 0.3) is 0 Å². The molecule has 0 aromatic heterocycles. The molecular formula is C22H28N2O3. The van der Waals surface area contributed by atoms with E-state index in [4.69, 9.17) is 9.47 Å². The molecule has 0 aliphatic carbocycles. The number of anilines is 1. The molecule has 1 atom stereocenters. The van der Waals surface area contributed by atoms with Gasteiger partial charge in [-0.05, 0) is 32.0 Å². The molecule has 0 radical (unpaired) electrons. The molecule has 1 unspecified atom stereocenters. The zero-order chi connectivity index (χ0) is 18.9. The third-order valence-corrected chi connectivity index (χ3v) is 5.31. The van der Waals surface area contributed by atoms with Crippen LogP contribution in [0.25, 0.3) is 0 Å². The molecule has 0 amide bonds. The van der Waals surface area contributed by atoms with Crippen molar-refractivity contribution in [1.82, 2.24) is 4.90 Å². The number of benzene rings is 2. The molecule has 0 bridgehead atoms. The lowest BCUT2D eigenvalue weighted by atomic mass is 9.95. The molecular weight excluding hydrogens is 340 g/mol. The quantitative estimate of drug-likeness (QED) is 0.899. The van der Waals surface area contributed by atoms with Crippen molar-refractivity contribution in [2.24, 2.45) is 0 Å². The molecule has 0 saturated carbocycles. The van der Waals surface area contributed by atoms with E-state index >= 15 is 0 Å². The summed E-state index contributed by atoms with van der Waals surface area (Å²) in [5.41, 5.74) is 1.28. The molecule has 5 heteroatoms. The Morgan fingerprint density at radius 2 is 1.63 bits per heavy atom. The average molecular weight is 368 g/mol. The van der Waals surface area contributed by atoms with Crippen LogP contribution in [0.15, 0.2) is 48.5 Å². The first kappa shape index (κ1) is 18.1. The number of para-hydroxylation sites is 3. The summed E-state index contributed by atoms with van der Waals surface area (Å²) in [7, 11) is 0. The van der Waals surface area contributed by atoms with Crippen molar-refractivity contribution in [3.63, 3.8) is 0 Å². The summed E-state index contributed by atoms with van der Waals surface area (Å²) in [5.74, 6) is 1.67. The highest BCUT2D eigenvalue weighted by Gasteiger charge is 2.27. The van der Waals surface area contributed by atoms with Crippen molar-refractivity contribution in [2.75, 3.05) is 44.2 Å². The lowest BCUT2D eigenvalue weighted by Gasteiger charge is -2.39. The fourth-order valence-corrected chi connectivity index (χ4v) is 3.88. The van der Waals surface area contributed by atoms with Gasteiger partial charge < -0.3 is 19.5 Å². The van der Waals surface area contributed by atoms with Crippen LogP contribution in [0.2, 0.25) is 0 Å². The second-order valence-corrected chi connectivity index (χ2v) is 7.86.